The second-order valence-corrected chi connectivity index (χ2v) is 4.18. The molecule has 0 aromatic carbocycles. The van der Waals surface area contributed by atoms with Crippen molar-refractivity contribution in [1.82, 2.24) is 4.31 Å². The van der Waals surface area contributed by atoms with E-state index in [2.05, 4.69) is 4.18 Å². The van der Waals surface area contributed by atoms with Crippen molar-refractivity contribution in [2.24, 2.45) is 0 Å². The average molecular weight is 271 g/mol. The fourth-order valence-electron chi connectivity index (χ4n) is 0.772. The maximum Gasteiger partial charge on any atom is 0.484 e. The third-order valence-electron chi connectivity index (χ3n) is 1.56. The molecule has 4 nitrogen and oxygen atoms in total. The molecular formula is C6H10F5NO3S. The van der Waals surface area contributed by atoms with E-state index < -0.39 is 22.6 Å². The standard InChI is InChI=1S/C6H10F5NO3S/c1-3-12(4-2)16(13,14)15-6(10,11)5(7,8)9/h3-4H2,1-2H3. The van der Waals surface area contributed by atoms with E-state index in [1.807, 2.05) is 0 Å². The molecule has 0 atom stereocenters. The second kappa shape index (κ2) is 4.80. The van der Waals surface area contributed by atoms with E-state index in [0.29, 0.717) is 4.31 Å². The Morgan fingerprint density at radius 3 is 1.69 bits per heavy atom. The Morgan fingerprint density at radius 2 is 1.44 bits per heavy atom. The summed E-state index contributed by atoms with van der Waals surface area (Å²) in [6.45, 7) is 2.01. The minimum absolute atomic E-state index is 0.271. The van der Waals surface area contributed by atoms with Gasteiger partial charge in [0.15, 0.2) is 0 Å². The van der Waals surface area contributed by atoms with E-state index in [-0.39, 0.29) is 13.1 Å². The first kappa shape index (κ1) is 15.5. The number of halogens is 5. The summed E-state index contributed by atoms with van der Waals surface area (Å²) in [5, 5.41) is 0. The lowest BCUT2D eigenvalue weighted by Gasteiger charge is -2.23. The summed E-state index contributed by atoms with van der Waals surface area (Å²) in [6, 6.07) is 0. The van der Waals surface area contributed by atoms with Gasteiger partial charge < -0.3 is 0 Å². The molecule has 0 aliphatic rings. The average Bonchev–Trinajstić information content (AvgIpc) is 2.00. The van der Waals surface area contributed by atoms with Crippen molar-refractivity contribution in [2.45, 2.75) is 26.1 Å². The van der Waals surface area contributed by atoms with Crippen molar-refractivity contribution < 1.29 is 34.6 Å². The first-order valence-corrected chi connectivity index (χ1v) is 5.49. The van der Waals surface area contributed by atoms with E-state index in [4.69, 9.17) is 0 Å². The third-order valence-corrected chi connectivity index (χ3v) is 3.13. The van der Waals surface area contributed by atoms with E-state index >= 15 is 0 Å². The van der Waals surface area contributed by atoms with Crippen LogP contribution in [-0.2, 0) is 14.5 Å². The lowest BCUT2D eigenvalue weighted by Crippen LogP contribution is -2.45. The highest BCUT2D eigenvalue weighted by atomic mass is 32.2. The second-order valence-electron chi connectivity index (χ2n) is 2.64. The maximum absolute atomic E-state index is 12.3. The summed E-state index contributed by atoms with van der Waals surface area (Å²) in [5.74, 6) is 0. The lowest BCUT2D eigenvalue weighted by atomic mass is 10.6. The highest BCUT2D eigenvalue weighted by Gasteiger charge is 2.62. The molecule has 0 aliphatic heterocycles. The molecule has 0 fully saturated rings. The third kappa shape index (κ3) is 3.52. The van der Waals surface area contributed by atoms with Gasteiger partial charge in [0.1, 0.15) is 0 Å². The molecule has 0 radical (unpaired) electrons. The Hall–Kier alpha value is -0.480. The van der Waals surface area contributed by atoms with Crippen molar-refractivity contribution in [1.29, 1.82) is 0 Å². The Balaban J connectivity index is 4.99. The molecular weight excluding hydrogens is 261 g/mol. The van der Waals surface area contributed by atoms with Gasteiger partial charge in [-0.2, -0.15) is 38.9 Å². The van der Waals surface area contributed by atoms with Gasteiger partial charge in [-0.05, 0) is 0 Å². The van der Waals surface area contributed by atoms with E-state index in [1.54, 1.807) is 0 Å². The molecule has 0 aromatic heterocycles. The summed E-state index contributed by atoms with van der Waals surface area (Å²) in [5.41, 5.74) is 0. The van der Waals surface area contributed by atoms with Crippen LogP contribution < -0.4 is 0 Å². The Labute approximate surface area is 89.2 Å². The molecule has 0 spiro atoms. The van der Waals surface area contributed by atoms with Crippen LogP contribution in [0.1, 0.15) is 13.8 Å². The summed E-state index contributed by atoms with van der Waals surface area (Å²) in [6.07, 6.45) is -11.8. The molecule has 0 heterocycles. The van der Waals surface area contributed by atoms with E-state index in [0.717, 1.165) is 0 Å². The van der Waals surface area contributed by atoms with Gasteiger partial charge in [0.2, 0.25) is 0 Å². The number of hydrogen-bond donors (Lipinski definition) is 0. The molecule has 0 aromatic rings. The molecule has 0 rings (SSSR count). The first-order valence-electron chi connectivity index (χ1n) is 4.13. The first-order chi connectivity index (χ1) is 6.98. The fraction of sp³-hybridized carbons (Fsp3) is 1.00. The molecule has 0 saturated carbocycles. The molecule has 0 amide bonds. The SMILES string of the molecule is CCN(CC)S(=O)(=O)OC(F)(F)C(F)(F)F. The number of rotatable bonds is 5. The van der Waals surface area contributed by atoms with Crippen molar-refractivity contribution in [3.8, 4) is 0 Å². The van der Waals surface area contributed by atoms with E-state index in [9.17, 15) is 30.4 Å². The summed E-state index contributed by atoms with van der Waals surface area (Å²) in [7, 11) is -5.10. The van der Waals surface area contributed by atoms with Crippen LogP contribution in [0.2, 0.25) is 0 Å². The summed E-state index contributed by atoms with van der Waals surface area (Å²) >= 11 is 0. The van der Waals surface area contributed by atoms with Gasteiger partial charge in [-0.15, -0.1) is 0 Å². The van der Waals surface area contributed by atoms with Crippen LogP contribution in [0.5, 0.6) is 0 Å². The number of alkyl halides is 5. The molecule has 0 bridgehead atoms. The smallest absolute Gasteiger partial charge is 0.181 e. The minimum Gasteiger partial charge on any atom is -0.181 e. The van der Waals surface area contributed by atoms with Crippen molar-refractivity contribution in [3.05, 3.63) is 0 Å². The Kier molecular flexibility index (Phi) is 4.65. The van der Waals surface area contributed by atoms with Gasteiger partial charge in [-0.25, -0.2) is 0 Å². The van der Waals surface area contributed by atoms with Crippen molar-refractivity contribution in [3.63, 3.8) is 0 Å². The Morgan fingerprint density at radius 1 is 1.06 bits per heavy atom. The van der Waals surface area contributed by atoms with Crippen molar-refractivity contribution >= 4 is 10.3 Å². The highest BCUT2D eigenvalue weighted by Crippen LogP contribution is 2.37. The summed E-state index contributed by atoms with van der Waals surface area (Å²) < 4.78 is 84.8. The Bertz CT molecular complexity index is 322. The van der Waals surface area contributed by atoms with Crippen LogP contribution >= 0.6 is 0 Å². The predicted octanol–water partition coefficient (Wildman–Crippen LogP) is 1.74. The zero-order chi connectivity index (χ0) is 13.2. The molecule has 0 saturated heterocycles. The van der Waals surface area contributed by atoms with Crippen LogP contribution in [0.25, 0.3) is 0 Å². The highest BCUT2D eigenvalue weighted by molar-refractivity contribution is 7.84. The molecule has 0 N–H and O–H groups in total. The largest absolute Gasteiger partial charge is 0.484 e. The van der Waals surface area contributed by atoms with Crippen molar-refractivity contribution in [2.75, 3.05) is 13.1 Å². The van der Waals surface area contributed by atoms with Gasteiger partial charge in [-0.3, -0.25) is 0 Å². The molecule has 0 aliphatic carbocycles. The monoisotopic (exact) mass is 271 g/mol. The number of hydrogen-bond acceptors (Lipinski definition) is 3. The van der Waals surface area contributed by atoms with Gasteiger partial charge >= 0.3 is 22.6 Å². The normalized spacial score (nSPS) is 14.5. The van der Waals surface area contributed by atoms with Crippen LogP contribution in [-0.4, -0.2) is 38.1 Å². The zero-order valence-electron chi connectivity index (χ0n) is 8.38. The minimum atomic E-state index is -6.08. The predicted molar refractivity (Wildman–Crippen MR) is 43.9 cm³/mol. The van der Waals surface area contributed by atoms with Gasteiger partial charge in [0, 0.05) is 13.1 Å². The van der Waals surface area contributed by atoms with Crippen LogP contribution in [0.4, 0.5) is 22.0 Å². The van der Waals surface area contributed by atoms with Gasteiger partial charge in [0.05, 0.1) is 0 Å². The maximum atomic E-state index is 12.3. The van der Waals surface area contributed by atoms with Crippen LogP contribution in [0, 0.1) is 0 Å². The van der Waals surface area contributed by atoms with Crippen LogP contribution in [0.15, 0.2) is 0 Å². The lowest BCUT2D eigenvalue weighted by molar-refractivity contribution is -0.360. The fourth-order valence-corrected chi connectivity index (χ4v) is 1.87. The molecule has 10 heteroatoms. The van der Waals surface area contributed by atoms with Crippen LogP contribution in [0.3, 0.4) is 0 Å². The molecule has 16 heavy (non-hydrogen) atoms. The van der Waals surface area contributed by atoms with Gasteiger partial charge in [0.25, 0.3) is 0 Å². The topological polar surface area (TPSA) is 46.6 Å². The molecule has 0 unspecified atom stereocenters. The van der Waals surface area contributed by atoms with Gasteiger partial charge in [-0.1, -0.05) is 13.8 Å². The summed E-state index contributed by atoms with van der Waals surface area (Å²) in [4.78, 5) is 0. The zero-order valence-corrected chi connectivity index (χ0v) is 9.20. The molecule has 98 valence electrons. The number of nitrogens with zero attached hydrogens (tertiary/aromatic N) is 1. The van der Waals surface area contributed by atoms with E-state index in [1.165, 1.54) is 13.8 Å². The quantitative estimate of drug-likeness (QED) is 0.716.